The van der Waals surface area contributed by atoms with Gasteiger partial charge in [0.1, 0.15) is 22.3 Å². The van der Waals surface area contributed by atoms with Gasteiger partial charge in [0.15, 0.2) is 0 Å². The lowest BCUT2D eigenvalue weighted by Crippen LogP contribution is -2.05. The Bertz CT molecular complexity index is 577. The molecule has 7 nitrogen and oxygen atoms in total. The van der Waals surface area contributed by atoms with E-state index in [1.165, 1.54) is 30.4 Å². The number of nitriles is 1. The van der Waals surface area contributed by atoms with Gasteiger partial charge in [0, 0.05) is 0 Å². The van der Waals surface area contributed by atoms with E-state index >= 15 is 0 Å². The average molecular weight is 262 g/mol. The van der Waals surface area contributed by atoms with Crippen LogP contribution < -0.4 is 0 Å². The normalized spacial score (nSPS) is 11.3. The molecule has 0 bridgehead atoms. The zero-order chi connectivity index (χ0) is 14.3. The predicted molar refractivity (Wildman–Crippen MR) is 64.7 cm³/mol. The van der Waals surface area contributed by atoms with E-state index in [1.807, 2.05) is 0 Å². The number of allylic oxidation sites excluding steroid dienone is 2. The first-order valence-corrected chi connectivity index (χ1v) is 5.28. The lowest BCUT2D eigenvalue weighted by molar-refractivity contribution is -0.402. The summed E-state index contributed by atoms with van der Waals surface area (Å²) in [5, 5.41) is 19.1. The summed E-state index contributed by atoms with van der Waals surface area (Å²) in [4.78, 5) is 21.0. The third-order valence-corrected chi connectivity index (χ3v) is 1.93. The molecule has 0 aromatic carbocycles. The first-order chi connectivity index (χ1) is 9.08. The molecule has 0 atom stereocenters. The van der Waals surface area contributed by atoms with Crippen molar-refractivity contribution >= 4 is 17.9 Å². The molecule has 0 fully saturated rings. The van der Waals surface area contributed by atoms with Crippen molar-refractivity contribution in [3.8, 4) is 6.07 Å². The number of hydrogen-bond acceptors (Lipinski definition) is 6. The minimum atomic E-state index is -0.722. The molecular formula is C12H10N2O5. The summed E-state index contributed by atoms with van der Waals surface area (Å²) < 4.78 is 9.51. The number of ether oxygens (including phenoxy) is 1. The van der Waals surface area contributed by atoms with Gasteiger partial charge in [-0.2, -0.15) is 5.26 Å². The molecule has 0 amide bonds. The van der Waals surface area contributed by atoms with Gasteiger partial charge in [-0.05, 0) is 25.1 Å². The molecule has 0 aliphatic heterocycles. The van der Waals surface area contributed by atoms with Crippen LogP contribution in [0.15, 0.2) is 34.3 Å². The van der Waals surface area contributed by atoms with Crippen LogP contribution >= 0.6 is 0 Å². The number of nitrogens with zero attached hydrogens (tertiary/aromatic N) is 2. The van der Waals surface area contributed by atoms with E-state index in [2.05, 4.69) is 4.74 Å². The van der Waals surface area contributed by atoms with Gasteiger partial charge < -0.3 is 9.15 Å². The first kappa shape index (κ1) is 14.2. The minimum Gasteiger partial charge on any atom is -0.462 e. The Morgan fingerprint density at radius 2 is 2.37 bits per heavy atom. The van der Waals surface area contributed by atoms with Crippen LogP contribution in [0.5, 0.6) is 0 Å². The second-order valence-corrected chi connectivity index (χ2v) is 3.20. The van der Waals surface area contributed by atoms with E-state index < -0.39 is 10.9 Å². The van der Waals surface area contributed by atoms with Crippen molar-refractivity contribution in [2.24, 2.45) is 0 Å². The van der Waals surface area contributed by atoms with Crippen molar-refractivity contribution in [2.75, 3.05) is 6.61 Å². The van der Waals surface area contributed by atoms with Gasteiger partial charge in [-0.25, -0.2) is 4.79 Å². The Labute approximate surface area is 108 Å². The lowest BCUT2D eigenvalue weighted by Gasteiger charge is -1.97. The van der Waals surface area contributed by atoms with Crippen LogP contribution in [0.1, 0.15) is 12.7 Å². The molecule has 0 saturated carbocycles. The highest BCUT2D eigenvalue weighted by molar-refractivity contribution is 5.93. The van der Waals surface area contributed by atoms with E-state index in [0.717, 1.165) is 0 Å². The lowest BCUT2D eigenvalue weighted by atomic mass is 10.2. The first-order valence-electron chi connectivity index (χ1n) is 5.28. The molecule has 1 heterocycles. The Morgan fingerprint density at radius 1 is 1.63 bits per heavy atom. The molecule has 0 unspecified atom stereocenters. The molecule has 7 heteroatoms. The van der Waals surface area contributed by atoms with Crippen molar-refractivity contribution in [3.63, 3.8) is 0 Å². The molecular weight excluding hydrogens is 252 g/mol. The molecule has 0 aliphatic rings. The molecule has 0 radical (unpaired) electrons. The van der Waals surface area contributed by atoms with Crippen LogP contribution in [0, 0.1) is 21.4 Å². The summed E-state index contributed by atoms with van der Waals surface area (Å²) >= 11 is 0. The molecule has 19 heavy (non-hydrogen) atoms. The quantitative estimate of drug-likeness (QED) is 0.201. The van der Waals surface area contributed by atoms with E-state index in [4.69, 9.17) is 9.68 Å². The van der Waals surface area contributed by atoms with E-state index in [9.17, 15) is 14.9 Å². The topological polar surface area (TPSA) is 106 Å². The van der Waals surface area contributed by atoms with Gasteiger partial charge >= 0.3 is 11.9 Å². The second kappa shape index (κ2) is 6.76. The van der Waals surface area contributed by atoms with Crippen LogP contribution in [0.4, 0.5) is 5.88 Å². The van der Waals surface area contributed by atoms with Gasteiger partial charge in [-0.15, -0.1) is 0 Å². The Hall–Kier alpha value is -2.88. The van der Waals surface area contributed by atoms with E-state index in [0.29, 0.717) is 0 Å². The molecule has 1 aromatic heterocycles. The average Bonchev–Trinajstić information content (AvgIpc) is 2.83. The number of rotatable bonds is 5. The van der Waals surface area contributed by atoms with Gasteiger partial charge in [0.2, 0.25) is 0 Å². The van der Waals surface area contributed by atoms with Gasteiger partial charge in [-0.3, -0.25) is 10.1 Å². The third-order valence-electron chi connectivity index (χ3n) is 1.93. The molecule has 0 aliphatic carbocycles. The second-order valence-electron chi connectivity index (χ2n) is 3.20. The van der Waals surface area contributed by atoms with Crippen LogP contribution in [0.2, 0.25) is 0 Å². The largest absolute Gasteiger partial charge is 0.462 e. The fourth-order valence-electron chi connectivity index (χ4n) is 1.13. The predicted octanol–water partition coefficient (Wildman–Crippen LogP) is 2.21. The summed E-state index contributed by atoms with van der Waals surface area (Å²) in [6.07, 6.45) is 4.01. The Morgan fingerprint density at radius 3 is 2.89 bits per heavy atom. The maximum Gasteiger partial charge on any atom is 0.433 e. The summed E-state index contributed by atoms with van der Waals surface area (Å²) in [6, 6.07) is 4.30. The van der Waals surface area contributed by atoms with Crippen LogP contribution in [0.3, 0.4) is 0 Å². The molecule has 0 saturated heterocycles. The SMILES string of the molecule is CCOC(=O)/C(C#N)=C\C=C\c1ccc([N+](=O)[O-])o1. The van der Waals surface area contributed by atoms with Crippen LogP contribution in [-0.4, -0.2) is 17.5 Å². The van der Waals surface area contributed by atoms with Crippen LogP contribution in [-0.2, 0) is 9.53 Å². The Kier molecular flexibility index (Phi) is 5.04. The third kappa shape index (κ3) is 4.12. The standard InChI is InChI=1S/C12H10N2O5/c1-2-18-12(15)9(8-13)4-3-5-10-6-7-11(19-10)14(16)17/h3-7H,2H2,1H3/b5-3+,9-4-. The van der Waals surface area contributed by atoms with Crippen LogP contribution in [0.25, 0.3) is 6.08 Å². The number of carbonyl (C=O) groups is 1. The molecule has 0 N–H and O–H groups in total. The smallest absolute Gasteiger partial charge is 0.433 e. The molecule has 1 rings (SSSR count). The van der Waals surface area contributed by atoms with E-state index in [1.54, 1.807) is 13.0 Å². The maximum atomic E-state index is 11.3. The number of furan rings is 1. The summed E-state index contributed by atoms with van der Waals surface area (Å²) in [6.45, 7) is 1.80. The number of nitro groups is 1. The van der Waals surface area contributed by atoms with Crippen molar-refractivity contribution < 1.29 is 18.9 Å². The zero-order valence-corrected chi connectivity index (χ0v) is 10.0. The van der Waals surface area contributed by atoms with Gasteiger partial charge in [0.05, 0.1) is 12.7 Å². The molecule has 0 spiro atoms. The highest BCUT2D eigenvalue weighted by Crippen LogP contribution is 2.16. The zero-order valence-electron chi connectivity index (χ0n) is 10.0. The van der Waals surface area contributed by atoms with Gasteiger partial charge in [-0.1, -0.05) is 6.08 Å². The van der Waals surface area contributed by atoms with Gasteiger partial charge in [0.25, 0.3) is 0 Å². The molecule has 98 valence electrons. The highest BCUT2D eigenvalue weighted by atomic mass is 16.6. The summed E-state index contributed by atoms with van der Waals surface area (Å²) in [5.41, 5.74) is -0.167. The summed E-state index contributed by atoms with van der Waals surface area (Å²) in [7, 11) is 0. The van der Waals surface area contributed by atoms with Crippen molar-refractivity contribution in [3.05, 3.63) is 45.7 Å². The van der Waals surface area contributed by atoms with Crippen molar-refractivity contribution in [1.82, 2.24) is 0 Å². The number of carbonyl (C=O) groups excluding carboxylic acids is 1. The number of hydrogen-bond donors (Lipinski definition) is 0. The summed E-state index contributed by atoms with van der Waals surface area (Å²) in [5.74, 6) is -0.862. The maximum absolute atomic E-state index is 11.3. The highest BCUT2D eigenvalue weighted by Gasteiger charge is 2.10. The fourth-order valence-corrected chi connectivity index (χ4v) is 1.13. The fraction of sp³-hybridized carbons (Fsp3) is 0.167. The monoisotopic (exact) mass is 262 g/mol. The van der Waals surface area contributed by atoms with E-state index in [-0.39, 0.29) is 23.8 Å². The Balaban J connectivity index is 2.77. The molecule has 1 aromatic rings. The van der Waals surface area contributed by atoms with Crippen molar-refractivity contribution in [1.29, 1.82) is 5.26 Å². The minimum absolute atomic E-state index is 0.167. The van der Waals surface area contributed by atoms with Crippen molar-refractivity contribution in [2.45, 2.75) is 6.92 Å². The number of esters is 1.